The number of nitrogens with zero attached hydrogens (tertiary/aromatic N) is 3. The molecule has 4 aliphatic heterocycles. The Morgan fingerprint density at radius 3 is 2.40 bits per heavy atom. The Balaban J connectivity index is 1.01. The molecule has 0 radical (unpaired) electrons. The van der Waals surface area contributed by atoms with Gasteiger partial charge in [0.2, 0.25) is 12.0 Å². The Bertz CT molecular complexity index is 3100. The van der Waals surface area contributed by atoms with Crippen molar-refractivity contribution >= 4 is 35.3 Å². The van der Waals surface area contributed by atoms with Gasteiger partial charge in [-0.25, -0.2) is 9.79 Å². The first-order chi connectivity index (χ1) is 35.1. The first-order valence-electron chi connectivity index (χ1n) is 24.1. The maximum absolute atomic E-state index is 13.5. The molecule has 11 rings (SSSR count). The van der Waals surface area contributed by atoms with Crippen molar-refractivity contribution < 1.29 is 79.8 Å². The van der Waals surface area contributed by atoms with Gasteiger partial charge in [0.05, 0.1) is 24.8 Å². The van der Waals surface area contributed by atoms with Crippen LogP contribution in [0, 0.1) is 5.92 Å². The zero-order chi connectivity index (χ0) is 51.0. The number of nitrogens with two attached hydrogens (primary N) is 1. The quantitative estimate of drug-likeness (QED) is 0.0862. The molecule has 3 aliphatic carbocycles. The minimum Gasteiger partial charge on any atom is -0.508 e. The van der Waals surface area contributed by atoms with E-state index in [1.807, 2.05) is 24.3 Å². The van der Waals surface area contributed by atoms with E-state index in [0.717, 1.165) is 11.1 Å². The average Bonchev–Trinajstić information content (AvgIpc) is 4.16. The highest BCUT2D eigenvalue weighted by molar-refractivity contribution is 6.15. The van der Waals surface area contributed by atoms with Crippen molar-refractivity contribution in [3.05, 3.63) is 136 Å². The number of aliphatic hydroxyl groups is 6. The fourth-order valence-electron chi connectivity index (χ4n) is 11.6. The van der Waals surface area contributed by atoms with Gasteiger partial charge in [-0.15, -0.1) is 0 Å². The number of phenols is 2. The van der Waals surface area contributed by atoms with Crippen LogP contribution in [-0.4, -0.2) is 131 Å². The number of benzene rings is 4. The van der Waals surface area contributed by atoms with Gasteiger partial charge in [-0.2, -0.15) is 0 Å². The second kappa shape index (κ2) is 18.3. The molecule has 0 amide bonds. The lowest BCUT2D eigenvalue weighted by Gasteiger charge is -2.59. The largest absolute Gasteiger partial charge is 0.508 e. The lowest BCUT2D eigenvalue weighted by atomic mass is 9.57. The number of carboxylic acid groups (broad SMARTS) is 1. The molecule has 19 nitrogen and oxygen atoms in total. The van der Waals surface area contributed by atoms with Crippen LogP contribution in [0.4, 0.5) is 0 Å². The monoisotopic (exact) mass is 997 g/mol. The van der Waals surface area contributed by atoms with Gasteiger partial charge in [-0.3, -0.25) is 10.4 Å². The number of fused-ring (bicyclic) bond motifs is 5. The first-order valence-corrected chi connectivity index (χ1v) is 24.1. The number of phenolic OH excluding ortho intramolecular Hbond substituents is 2. The number of hydrogen-bond donors (Lipinski definition) is 10. The first kappa shape index (κ1) is 47.9. The van der Waals surface area contributed by atoms with E-state index >= 15 is 0 Å². The number of aliphatic carboxylic acids is 1. The van der Waals surface area contributed by atoms with Gasteiger partial charge < -0.3 is 69.6 Å². The molecular formula is C54H53N4O15+. The summed E-state index contributed by atoms with van der Waals surface area (Å²) in [5.41, 5.74) is -2.76. The third kappa shape index (κ3) is 7.94. The summed E-state index contributed by atoms with van der Waals surface area (Å²) in [6.45, 7) is -0.556. The molecule has 9 unspecified atom stereocenters. The standard InChI is InChI=1S/C54H52N4O15/c55-42-17-16-35(58-42)45(62)41(25-59)69-32-13-10-28(11-14-32)38-22-37(61)43-39(70-38)23-40(47(46(43)63)73-52(18-3-4-19-52)30-8-5-9-31(60)21-30)71-51-53(67)34-15-12-27-6-1-2-7-29(27)20-33(34)44(36-24-56-26-57-36)54(68,50(53)66)48(72-51)49(64)65/h1-2,5-11,13-14,16-17,21-23,26,38,41,44-45,48,50-51,55,59-63,66-68H,3-4,12,15,18-20,24-25H2,(H,64,65)/p+1. The van der Waals surface area contributed by atoms with Crippen molar-refractivity contribution in [1.82, 2.24) is 0 Å². The number of aryl methyl sites for hydroxylation is 1. The summed E-state index contributed by atoms with van der Waals surface area (Å²) in [7, 11) is 0. The highest BCUT2D eigenvalue weighted by atomic mass is 16.7. The van der Waals surface area contributed by atoms with Crippen molar-refractivity contribution in [3.8, 4) is 34.5 Å². The number of aromatic hydroxyl groups is 2. The molecule has 1 saturated carbocycles. The molecule has 73 heavy (non-hydrogen) atoms. The second-order valence-corrected chi connectivity index (χ2v) is 19.4. The summed E-state index contributed by atoms with van der Waals surface area (Å²) in [6.07, 6.45) is -1.50. The number of amidine groups is 1. The van der Waals surface area contributed by atoms with Gasteiger partial charge in [-0.05, 0) is 108 Å². The van der Waals surface area contributed by atoms with Crippen LogP contribution in [0.2, 0.25) is 0 Å². The Morgan fingerprint density at radius 2 is 1.71 bits per heavy atom. The molecule has 2 fully saturated rings. The minimum atomic E-state index is -2.71. The normalized spacial score (nSPS) is 28.4. The van der Waals surface area contributed by atoms with Crippen LogP contribution in [0.5, 0.6) is 34.5 Å². The van der Waals surface area contributed by atoms with Crippen LogP contribution in [0.15, 0.2) is 123 Å². The third-order valence-electron chi connectivity index (χ3n) is 15.2. The molecule has 19 heteroatoms. The van der Waals surface area contributed by atoms with Crippen LogP contribution in [-0.2, 0) is 28.0 Å². The summed E-state index contributed by atoms with van der Waals surface area (Å²) in [4.78, 5) is 26.2. The van der Waals surface area contributed by atoms with E-state index < -0.39 is 83.6 Å². The Labute approximate surface area is 417 Å². The predicted octanol–water partition coefficient (Wildman–Crippen LogP) is 2.86. The summed E-state index contributed by atoms with van der Waals surface area (Å²) in [6, 6.07) is 21.7. The molecule has 7 aliphatic rings. The number of rotatable bonds is 13. The average molecular weight is 998 g/mol. The summed E-state index contributed by atoms with van der Waals surface area (Å²) >= 11 is 0. The highest BCUT2D eigenvalue weighted by Crippen LogP contribution is 2.58. The van der Waals surface area contributed by atoms with Gasteiger partial charge in [0.1, 0.15) is 58.3 Å². The van der Waals surface area contributed by atoms with Gasteiger partial charge in [0, 0.05) is 18.2 Å². The number of aliphatic imine (C=N–C) groups is 3. The number of aliphatic hydroxyl groups excluding tert-OH is 4. The van der Waals surface area contributed by atoms with Crippen LogP contribution in [0.3, 0.4) is 0 Å². The van der Waals surface area contributed by atoms with E-state index in [-0.39, 0.29) is 76.5 Å². The molecule has 11 N–H and O–H groups in total. The number of carbonyl (C=O) groups is 1. The van der Waals surface area contributed by atoms with Gasteiger partial charge in [0.25, 0.3) is 0 Å². The molecular weight excluding hydrogens is 945 g/mol. The predicted molar refractivity (Wildman–Crippen MR) is 261 cm³/mol. The summed E-state index contributed by atoms with van der Waals surface area (Å²) < 4.78 is 32.2. The minimum absolute atomic E-state index is 0.00279. The van der Waals surface area contributed by atoms with E-state index in [4.69, 9.17) is 29.1 Å². The van der Waals surface area contributed by atoms with Crippen molar-refractivity contribution in [2.45, 2.75) is 98.6 Å². The van der Waals surface area contributed by atoms with Crippen LogP contribution >= 0.6 is 0 Å². The smallest absolute Gasteiger partial charge is 0.336 e. The maximum atomic E-state index is 13.5. The zero-order valence-corrected chi connectivity index (χ0v) is 39.1. The lowest BCUT2D eigenvalue weighted by molar-refractivity contribution is -0.342. The van der Waals surface area contributed by atoms with E-state index in [1.165, 1.54) is 36.7 Å². The van der Waals surface area contributed by atoms with Crippen molar-refractivity contribution in [2.75, 3.05) is 13.2 Å². The maximum Gasteiger partial charge on any atom is 0.336 e. The van der Waals surface area contributed by atoms with Crippen molar-refractivity contribution in [2.24, 2.45) is 20.9 Å². The molecule has 4 heterocycles. The van der Waals surface area contributed by atoms with Gasteiger partial charge >= 0.3 is 11.8 Å². The zero-order valence-electron chi connectivity index (χ0n) is 39.1. The van der Waals surface area contributed by atoms with Crippen LogP contribution in [0.25, 0.3) is 5.76 Å². The topological polar surface area (TPSA) is 308 Å². The number of carboxylic acids is 1. The number of ether oxygens (including phenoxy) is 5. The molecule has 0 aromatic heterocycles. The molecule has 9 atom stereocenters. The van der Waals surface area contributed by atoms with E-state index in [9.17, 15) is 50.8 Å². The molecule has 378 valence electrons. The Morgan fingerprint density at radius 1 is 0.945 bits per heavy atom. The molecule has 4 aromatic rings. The Kier molecular flexibility index (Phi) is 12.0. The van der Waals surface area contributed by atoms with E-state index in [1.54, 1.807) is 42.5 Å². The molecule has 1 saturated heterocycles. The Hall–Kier alpha value is -7.39. The lowest BCUT2D eigenvalue weighted by Crippen LogP contribution is -2.80. The van der Waals surface area contributed by atoms with E-state index in [2.05, 4.69) is 15.0 Å². The molecule has 4 aromatic carbocycles. The fraction of sp³-hybridized carbons (Fsp3) is 0.352. The van der Waals surface area contributed by atoms with Gasteiger partial charge in [0.15, 0.2) is 41.1 Å². The molecule has 0 spiro atoms. The molecule has 2 bridgehead atoms. The third-order valence-corrected chi connectivity index (χ3v) is 15.2. The van der Waals surface area contributed by atoms with Gasteiger partial charge in [-0.1, -0.05) is 54.1 Å². The summed E-state index contributed by atoms with van der Waals surface area (Å²) in [5.74, 6) is -4.45. The van der Waals surface area contributed by atoms with Crippen LogP contribution < -0.4 is 24.4 Å². The van der Waals surface area contributed by atoms with E-state index in [0.29, 0.717) is 48.8 Å². The highest BCUT2D eigenvalue weighted by Gasteiger charge is 2.73. The SMILES string of the molecule is [NH2+]=C1C=CC(C(O)C(CO)Oc2ccc(C3C=C(O)c4c(cc(OC5OC(C(=O)O)C6(O)C(C7=NC=NC7)C7=C(CCc8ccccc8C7)C5(O)C6O)c(OC5(c6cccc(O)c6)CCCC5)c4O)O3)cc2)=N1. The number of hydrogen-bond acceptors (Lipinski definition) is 16. The second-order valence-electron chi connectivity index (χ2n) is 19.4. The van der Waals surface area contributed by atoms with Crippen LogP contribution in [0.1, 0.15) is 66.0 Å². The fourth-order valence-corrected chi connectivity index (χ4v) is 11.6. The summed E-state index contributed by atoms with van der Waals surface area (Å²) in [5, 5.41) is 111. The van der Waals surface area contributed by atoms with Crippen molar-refractivity contribution in [3.63, 3.8) is 0 Å². The van der Waals surface area contributed by atoms with Crippen molar-refractivity contribution in [1.29, 1.82) is 0 Å².